The molecule has 0 atom stereocenters. The van der Waals surface area contributed by atoms with E-state index in [1.54, 1.807) is 32.4 Å². The minimum Gasteiger partial charge on any atom is -0.497 e. The predicted molar refractivity (Wildman–Crippen MR) is 112 cm³/mol. The lowest BCUT2D eigenvalue weighted by atomic mass is 10.1. The van der Waals surface area contributed by atoms with E-state index in [0.717, 1.165) is 22.2 Å². The summed E-state index contributed by atoms with van der Waals surface area (Å²) < 4.78 is 16.4. The molecule has 0 saturated heterocycles. The van der Waals surface area contributed by atoms with E-state index in [1.165, 1.54) is 0 Å². The summed E-state index contributed by atoms with van der Waals surface area (Å²) in [6, 6.07) is 22.7. The summed E-state index contributed by atoms with van der Waals surface area (Å²) in [5, 5.41) is 0.911. The summed E-state index contributed by atoms with van der Waals surface area (Å²) in [5.74, 6) is 1.76. The van der Waals surface area contributed by atoms with E-state index in [0.29, 0.717) is 29.4 Å². The van der Waals surface area contributed by atoms with Gasteiger partial charge in [0.25, 0.3) is 0 Å². The van der Waals surface area contributed by atoms with Gasteiger partial charge in [0.2, 0.25) is 5.78 Å². The van der Waals surface area contributed by atoms with Crippen LogP contribution in [0.15, 0.2) is 72.8 Å². The molecule has 0 spiro atoms. The Hall–Kier alpha value is -3.73. The molecular formula is C24H21NO4. The van der Waals surface area contributed by atoms with E-state index in [9.17, 15) is 4.79 Å². The molecule has 0 aliphatic carbocycles. The first-order chi connectivity index (χ1) is 14.2. The molecule has 1 N–H and O–H groups in total. The number of carbonyl (C=O) groups excluding carboxylic acids is 1. The maximum atomic E-state index is 13.0. The van der Waals surface area contributed by atoms with Crippen LogP contribution in [0.4, 0.5) is 0 Å². The van der Waals surface area contributed by atoms with Gasteiger partial charge in [0.1, 0.15) is 23.9 Å². The molecule has 0 unspecified atom stereocenters. The van der Waals surface area contributed by atoms with Crippen molar-refractivity contribution in [2.75, 3.05) is 14.2 Å². The zero-order valence-corrected chi connectivity index (χ0v) is 16.3. The fraction of sp³-hybridized carbons (Fsp3) is 0.125. The number of ketones is 1. The minimum absolute atomic E-state index is 0.134. The fourth-order valence-electron chi connectivity index (χ4n) is 3.16. The van der Waals surface area contributed by atoms with Gasteiger partial charge < -0.3 is 19.2 Å². The largest absolute Gasteiger partial charge is 0.497 e. The fourth-order valence-corrected chi connectivity index (χ4v) is 3.16. The number of aromatic nitrogens is 1. The lowest BCUT2D eigenvalue weighted by Crippen LogP contribution is -2.02. The van der Waals surface area contributed by atoms with Gasteiger partial charge in [0.15, 0.2) is 0 Å². The number of fused-ring (bicyclic) bond motifs is 1. The Labute approximate surface area is 168 Å². The highest BCUT2D eigenvalue weighted by atomic mass is 16.5. The van der Waals surface area contributed by atoms with E-state index in [2.05, 4.69) is 4.98 Å². The summed E-state index contributed by atoms with van der Waals surface area (Å²) >= 11 is 0. The molecule has 0 amide bonds. The third kappa shape index (κ3) is 4.09. The number of carbonyl (C=O) groups is 1. The highest BCUT2D eigenvalue weighted by molar-refractivity contribution is 6.10. The number of ether oxygens (including phenoxy) is 3. The van der Waals surface area contributed by atoms with E-state index >= 15 is 0 Å². The van der Waals surface area contributed by atoms with Crippen LogP contribution >= 0.6 is 0 Å². The van der Waals surface area contributed by atoms with Gasteiger partial charge in [0.05, 0.1) is 19.9 Å². The predicted octanol–water partition coefficient (Wildman–Crippen LogP) is 5.00. The molecule has 0 saturated carbocycles. The highest BCUT2D eigenvalue weighted by Crippen LogP contribution is 2.27. The van der Waals surface area contributed by atoms with Crippen LogP contribution in [0.25, 0.3) is 10.9 Å². The zero-order chi connectivity index (χ0) is 20.2. The Balaban J connectivity index is 1.58. The standard InChI is InChI=1S/C24H21NO4/c1-27-20-11-18(12-21(14-20)28-2)24(26)23-13-17-10-19(8-9-22(17)25-23)29-15-16-6-4-3-5-7-16/h3-14,25H,15H2,1-2H3. The van der Waals surface area contributed by atoms with E-state index in [1.807, 2.05) is 54.6 Å². The Kier molecular flexibility index (Phi) is 5.20. The second kappa shape index (κ2) is 8.10. The molecular weight excluding hydrogens is 366 g/mol. The van der Waals surface area contributed by atoms with Crippen molar-refractivity contribution in [3.05, 3.63) is 89.6 Å². The summed E-state index contributed by atoms with van der Waals surface area (Å²) in [6.45, 7) is 0.492. The average Bonchev–Trinajstić information content (AvgIpc) is 3.20. The van der Waals surface area contributed by atoms with Crippen LogP contribution in [0.2, 0.25) is 0 Å². The molecule has 5 heteroatoms. The minimum atomic E-state index is -0.134. The summed E-state index contributed by atoms with van der Waals surface area (Å²) in [7, 11) is 3.12. The van der Waals surface area contributed by atoms with Crippen molar-refractivity contribution >= 4 is 16.7 Å². The van der Waals surface area contributed by atoms with Crippen molar-refractivity contribution in [3.63, 3.8) is 0 Å². The molecule has 4 aromatic rings. The molecule has 146 valence electrons. The number of benzene rings is 3. The maximum Gasteiger partial charge on any atom is 0.209 e. The highest BCUT2D eigenvalue weighted by Gasteiger charge is 2.15. The van der Waals surface area contributed by atoms with Crippen LogP contribution in [0, 0.1) is 0 Å². The first-order valence-electron chi connectivity index (χ1n) is 9.23. The molecule has 29 heavy (non-hydrogen) atoms. The van der Waals surface area contributed by atoms with Gasteiger partial charge in [0, 0.05) is 22.5 Å². The van der Waals surface area contributed by atoms with Crippen molar-refractivity contribution in [1.82, 2.24) is 4.98 Å². The van der Waals surface area contributed by atoms with E-state index in [-0.39, 0.29) is 5.78 Å². The van der Waals surface area contributed by atoms with Gasteiger partial charge in [-0.3, -0.25) is 4.79 Å². The normalized spacial score (nSPS) is 10.7. The number of hydrogen-bond acceptors (Lipinski definition) is 4. The van der Waals surface area contributed by atoms with Crippen molar-refractivity contribution in [3.8, 4) is 17.2 Å². The molecule has 0 aliphatic heterocycles. The van der Waals surface area contributed by atoms with Crippen LogP contribution in [-0.2, 0) is 6.61 Å². The summed E-state index contributed by atoms with van der Waals surface area (Å²) in [4.78, 5) is 16.2. The van der Waals surface area contributed by atoms with Gasteiger partial charge >= 0.3 is 0 Å². The molecule has 1 aromatic heterocycles. The molecule has 1 heterocycles. The number of rotatable bonds is 7. The summed E-state index contributed by atoms with van der Waals surface area (Å²) in [5.41, 5.74) is 2.96. The Morgan fingerprint density at radius 1 is 0.828 bits per heavy atom. The van der Waals surface area contributed by atoms with E-state index in [4.69, 9.17) is 14.2 Å². The van der Waals surface area contributed by atoms with Gasteiger partial charge in [-0.15, -0.1) is 0 Å². The molecule has 3 aromatic carbocycles. The number of hydrogen-bond donors (Lipinski definition) is 1. The third-order valence-corrected chi connectivity index (χ3v) is 4.70. The third-order valence-electron chi connectivity index (χ3n) is 4.70. The van der Waals surface area contributed by atoms with Crippen LogP contribution in [0.1, 0.15) is 21.6 Å². The molecule has 0 aliphatic rings. The lowest BCUT2D eigenvalue weighted by molar-refractivity contribution is 0.103. The van der Waals surface area contributed by atoms with Gasteiger partial charge in [-0.1, -0.05) is 30.3 Å². The van der Waals surface area contributed by atoms with Gasteiger partial charge in [-0.05, 0) is 42.0 Å². The van der Waals surface area contributed by atoms with Crippen molar-refractivity contribution < 1.29 is 19.0 Å². The van der Waals surface area contributed by atoms with E-state index < -0.39 is 0 Å². The number of aromatic amines is 1. The van der Waals surface area contributed by atoms with Crippen molar-refractivity contribution in [1.29, 1.82) is 0 Å². The molecule has 4 rings (SSSR count). The summed E-state index contributed by atoms with van der Waals surface area (Å²) in [6.07, 6.45) is 0. The number of H-pyrrole nitrogens is 1. The van der Waals surface area contributed by atoms with Gasteiger partial charge in [-0.2, -0.15) is 0 Å². The Bertz CT molecular complexity index is 1130. The van der Waals surface area contributed by atoms with Crippen LogP contribution in [0.5, 0.6) is 17.2 Å². The maximum absolute atomic E-state index is 13.0. The Morgan fingerprint density at radius 2 is 1.55 bits per heavy atom. The average molecular weight is 387 g/mol. The van der Waals surface area contributed by atoms with Crippen molar-refractivity contribution in [2.45, 2.75) is 6.61 Å². The Morgan fingerprint density at radius 3 is 2.24 bits per heavy atom. The molecule has 0 bridgehead atoms. The SMILES string of the molecule is COc1cc(OC)cc(C(=O)c2cc3cc(OCc4ccccc4)ccc3[nH]2)c1. The number of methoxy groups -OCH3 is 2. The smallest absolute Gasteiger partial charge is 0.209 e. The van der Waals surface area contributed by atoms with Crippen LogP contribution < -0.4 is 14.2 Å². The first kappa shape index (κ1) is 18.6. The zero-order valence-electron chi connectivity index (χ0n) is 16.3. The first-order valence-corrected chi connectivity index (χ1v) is 9.23. The van der Waals surface area contributed by atoms with Crippen LogP contribution in [-0.4, -0.2) is 25.0 Å². The second-order valence-electron chi connectivity index (χ2n) is 6.64. The quantitative estimate of drug-likeness (QED) is 0.454. The van der Waals surface area contributed by atoms with Crippen LogP contribution in [0.3, 0.4) is 0 Å². The topological polar surface area (TPSA) is 60.6 Å². The second-order valence-corrected chi connectivity index (χ2v) is 6.64. The molecule has 0 fully saturated rings. The number of nitrogens with one attached hydrogen (secondary N) is 1. The van der Waals surface area contributed by atoms with Crippen molar-refractivity contribution in [2.24, 2.45) is 0 Å². The molecule has 5 nitrogen and oxygen atoms in total. The van der Waals surface area contributed by atoms with Gasteiger partial charge in [-0.25, -0.2) is 0 Å². The lowest BCUT2D eigenvalue weighted by Gasteiger charge is -2.07. The molecule has 0 radical (unpaired) electrons. The monoisotopic (exact) mass is 387 g/mol.